The van der Waals surface area contributed by atoms with Crippen LogP contribution in [0.5, 0.6) is 5.75 Å². The topological polar surface area (TPSA) is 62.5 Å². The molecule has 2 N–H and O–H groups in total. The van der Waals surface area contributed by atoms with E-state index in [2.05, 4.69) is 5.32 Å². The Morgan fingerprint density at radius 1 is 1.00 bits per heavy atom. The summed E-state index contributed by atoms with van der Waals surface area (Å²) in [7, 11) is 0. The summed E-state index contributed by atoms with van der Waals surface area (Å²) in [5, 5.41) is 14.2. The van der Waals surface area contributed by atoms with Crippen LogP contribution in [-0.4, -0.2) is 5.11 Å². The van der Waals surface area contributed by atoms with Gasteiger partial charge in [-0.05, 0) is 43.2 Å². The highest BCUT2D eigenvalue weighted by Crippen LogP contribution is 2.35. The molecule has 4 heteroatoms. The molecule has 3 aromatic rings. The molecule has 0 aliphatic rings. The molecule has 1 heterocycles. The van der Waals surface area contributed by atoms with Gasteiger partial charge in [-0.1, -0.05) is 18.2 Å². The molecule has 4 nitrogen and oxygen atoms in total. The predicted molar refractivity (Wildman–Crippen MR) is 83.3 cm³/mol. The van der Waals surface area contributed by atoms with Gasteiger partial charge in [-0.15, -0.1) is 0 Å². The number of para-hydroxylation sites is 1. The molecule has 0 atom stereocenters. The maximum absolute atomic E-state index is 11.5. The third-order valence-corrected chi connectivity index (χ3v) is 3.51. The number of aromatic hydroxyl groups is 1. The molecule has 1 aromatic heterocycles. The monoisotopic (exact) mass is 281 g/mol. The second-order valence-electron chi connectivity index (χ2n) is 5.03. The lowest BCUT2D eigenvalue weighted by Gasteiger charge is -2.12. The summed E-state index contributed by atoms with van der Waals surface area (Å²) in [4.78, 5) is 11.5. The Kier molecular flexibility index (Phi) is 3.14. The molecule has 0 aliphatic carbocycles. The summed E-state index contributed by atoms with van der Waals surface area (Å²) >= 11 is 0. The molecule has 0 unspecified atom stereocenters. The van der Waals surface area contributed by atoms with Crippen LogP contribution in [0.1, 0.15) is 11.1 Å². The van der Waals surface area contributed by atoms with E-state index in [1.54, 1.807) is 6.07 Å². The van der Waals surface area contributed by atoms with Crippen molar-refractivity contribution in [3.05, 3.63) is 64.0 Å². The summed E-state index contributed by atoms with van der Waals surface area (Å²) in [5.74, 6) is -0.0587. The van der Waals surface area contributed by atoms with Crippen LogP contribution in [0.15, 0.2) is 51.7 Å². The van der Waals surface area contributed by atoms with Crippen LogP contribution in [0.3, 0.4) is 0 Å². The van der Waals surface area contributed by atoms with E-state index < -0.39 is 5.63 Å². The molecule has 0 bridgehead atoms. The number of aryl methyl sites for hydroxylation is 2. The van der Waals surface area contributed by atoms with Crippen molar-refractivity contribution in [1.29, 1.82) is 0 Å². The molecule has 0 amide bonds. The SMILES string of the molecule is Cc1ccccc1Nc1ccc2c(C)cc(=O)oc2c1O. The zero-order valence-corrected chi connectivity index (χ0v) is 11.8. The molecular weight excluding hydrogens is 266 g/mol. The fraction of sp³-hybridized carbons (Fsp3) is 0.118. The number of hydrogen-bond acceptors (Lipinski definition) is 4. The Morgan fingerprint density at radius 3 is 2.52 bits per heavy atom. The van der Waals surface area contributed by atoms with Crippen LogP contribution in [0, 0.1) is 13.8 Å². The Bertz CT molecular complexity index is 881. The summed E-state index contributed by atoms with van der Waals surface area (Å²) < 4.78 is 5.14. The van der Waals surface area contributed by atoms with E-state index in [1.807, 2.05) is 44.2 Å². The molecule has 0 saturated carbocycles. The fourth-order valence-corrected chi connectivity index (χ4v) is 2.33. The van der Waals surface area contributed by atoms with Crippen molar-refractivity contribution < 1.29 is 9.52 Å². The van der Waals surface area contributed by atoms with Crippen molar-refractivity contribution in [2.75, 3.05) is 5.32 Å². The van der Waals surface area contributed by atoms with Crippen LogP contribution in [-0.2, 0) is 0 Å². The summed E-state index contributed by atoms with van der Waals surface area (Å²) in [5.41, 5.74) is 2.97. The van der Waals surface area contributed by atoms with Gasteiger partial charge in [-0.25, -0.2) is 4.79 Å². The summed E-state index contributed by atoms with van der Waals surface area (Å²) in [6.45, 7) is 3.79. The largest absolute Gasteiger partial charge is 0.503 e. The first-order valence-electron chi connectivity index (χ1n) is 6.65. The van der Waals surface area contributed by atoms with Gasteiger partial charge in [0.05, 0.1) is 5.69 Å². The maximum atomic E-state index is 11.5. The smallest absolute Gasteiger partial charge is 0.336 e. The van der Waals surface area contributed by atoms with Gasteiger partial charge in [0.2, 0.25) is 0 Å². The molecule has 2 aromatic carbocycles. The molecule has 0 saturated heterocycles. The van der Waals surface area contributed by atoms with Crippen LogP contribution in [0.2, 0.25) is 0 Å². The number of hydrogen-bond donors (Lipinski definition) is 2. The van der Waals surface area contributed by atoms with Crippen LogP contribution < -0.4 is 10.9 Å². The van der Waals surface area contributed by atoms with Crippen molar-refractivity contribution in [3.8, 4) is 5.75 Å². The lowest BCUT2D eigenvalue weighted by atomic mass is 10.1. The highest BCUT2D eigenvalue weighted by Gasteiger charge is 2.12. The number of anilines is 2. The van der Waals surface area contributed by atoms with Gasteiger partial charge >= 0.3 is 5.63 Å². The minimum atomic E-state index is -0.469. The van der Waals surface area contributed by atoms with Crippen molar-refractivity contribution in [3.63, 3.8) is 0 Å². The van der Waals surface area contributed by atoms with Crippen LogP contribution in [0.4, 0.5) is 11.4 Å². The average molecular weight is 281 g/mol. The van der Waals surface area contributed by atoms with Crippen molar-refractivity contribution in [2.45, 2.75) is 13.8 Å². The second kappa shape index (κ2) is 4.98. The zero-order chi connectivity index (χ0) is 15.0. The first-order valence-corrected chi connectivity index (χ1v) is 6.65. The maximum Gasteiger partial charge on any atom is 0.336 e. The van der Waals surface area contributed by atoms with Gasteiger partial charge in [0, 0.05) is 17.1 Å². The molecule has 0 spiro atoms. The van der Waals surface area contributed by atoms with E-state index in [0.29, 0.717) is 5.69 Å². The quantitative estimate of drug-likeness (QED) is 0.553. The van der Waals surface area contributed by atoms with Crippen LogP contribution in [0.25, 0.3) is 11.0 Å². The average Bonchev–Trinajstić information content (AvgIpc) is 2.44. The Hall–Kier alpha value is -2.75. The highest BCUT2D eigenvalue weighted by molar-refractivity contribution is 5.91. The third kappa shape index (κ3) is 2.36. The fourth-order valence-electron chi connectivity index (χ4n) is 2.33. The van der Waals surface area contributed by atoms with Gasteiger partial charge in [0.1, 0.15) is 0 Å². The first kappa shape index (κ1) is 13.2. The van der Waals surface area contributed by atoms with Crippen LogP contribution >= 0.6 is 0 Å². The number of fused-ring (bicyclic) bond motifs is 1. The Balaban J connectivity index is 2.15. The van der Waals surface area contributed by atoms with Crippen molar-refractivity contribution in [2.24, 2.45) is 0 Å². The number of nitrogens with one attached hydrogen (secondary N) is 1. The van der Waals surface area contributed by atoms with Gasteiger partial charge < -0.3 is 14.8 Å². The normalized spacial score (nSPS) is 10.8. The molecular formula is C17H15NO3. The minimum absolute atomic E-state index is 0.0587. The van der Waals surface area contributed by atoms with E-state index in [9.17, 15) is 9.90 Å². The van der Waals surface area contributed by atoms with E-state index >= 15 is 0 Å². The lowest BCUT2D eigenvalue weighted by Crippen LogP contribution is -1.99. The lowest BCUT2D eigenvalue weighted by molar-refractivity contribution is 0.459. The molecule has 21 heavy (non-hydrogen) atoms. The van der Waals surface area contributed by atoms with E-state index in [4.69, 9.17) is 4.42 Å². The second-order valence-corrected chi connectivity index (χ2v) is 5.03. The molecule has 0 fully saturated rings. The minimum Gasteiger partial charge on any atom is -0.503 e. The van der Waals surface area contributed by atoms with Crippen molar-refractivity contribution >= 4 is 22.3 Å². The Labute approximate surface area is 121 Å². The molecule has 3 rings (SSSR count). The number of phenolic OH excluding ortho intramolecular Hbond substituents is 1. The van der Waals surface area contributed by atoms with E-state index in [-0.39, 0.29) is 11.3 Å². The van der Waals surface area contributed by atoms with Gasteiger partial charge in [0.15, 0.2) is 11.3 Å². The zero-order valence-electron chi connectivity index (χ0n) is 11.8. The van der Waals surface area contributed by atoms with Gasteiger partial charge in [0.25, 0.3) is 0 Å². The third-order valence-electron chi connectivity index (χ3n) is 3.51. The summed E-state index contributed by atoms with van der Waals surface area (Å²) in [6.07, 6.45) is 0. The molecule has 0 aliphatic heterocycles. The van der Waals surface area contributed by atoms with Crippen molar-refractivity contribution in [1.82, 2.24) is 0 Å². The van der Waals surface area contributed by atoms with E-state index in [1.165, 1.54) is 6.07 Å². The number of benzene rings is 2. The van der Waals surface area contributed by atoms with Gasteiger partial charge in [-0.3, -0.25) is 0 Å². The first-order chi connectivity index (χ1) is 10.1. The van der Waals surface area contributed by atoms with Gasteiger partial charge in [-0.2, -0.15) is 0 Å². The Morgan fingerprint density at radius 2 is 1.76 bits per heavy atom. The van der Waals surface area contributed by atoms with E-state index in [0.717, 1.165) is 22.2 Å². The molecule has 106 valence electrons. The highest BCUT2D eigenvalue weighted by atomic mass is 16.4. The number of phenols is 1. The summed E-state index contributed by atoms with van der Waals surface area (Å²) in [6, 6.07) is 12.8. The predicted octanol–water partition coefficient (Wildman–Crippen LogP) is 3.86. The number of rotatable bonds is 2. The standard InChI is InChI=1S/C17H15NO3/c1-10-5-3-4-6-13(10)18-14-8-7-12-11(2)9-15(19)21-17(12)16(14)20/h3-9,18,20H,1-2H3. The molecule has 0 radical (unpaired) electrons.